The number of fused-ring (bicyclic) bond motifs is 3. The van der Waals surface area contributed by atoms with Crippen LogP contribution in [0.2, 0.25) is 0 Å². The number of hydrogen-bond donors (Lipinski definition) is 1. The van der Waals surface area contributed by atoms with E-state index in [4.69, 9.17) is 4.42 Å². The molecular formula is C20H12F3N3O2. The maximum atomic E-state index is 12.9. The molecule has 0 aliphatic heterocycles. The third-order valence-electron chi connectivity index (χ3n) is 4.67. The zero-order valence-corrected chi connectivity index (χ0v) is 14.4. The van der Waals surface area contributed by atoms with Crippen LogP contribution in [0, 0.1) is 6.92 Å². The van der Waals surface area contributed by atoms with Crippen molar-refractivity contribution >= 4 is 22.2 Å². The first-order valence-corrected chi connectivity index (χ1v) is 8.39. The van der Waals surface area contributed by atoms with Crippen molar-refractivity contribution in [3.8, 4) is 22.7 Å². The minimum absolute atomic E-state index is 0.250. The quantitative estimate of drug-likeness (QED) is 0.449. The molecule has 5 rings (SSSR count). The molecule has 0 spiro atoms. The molecule has 0 aliphatic carbocycles. The summed E-state index contributed by atoms with van der Waals surface area (Å²) in [6.07, 6.45) is -2.74. The topological polar surface area (TPSA) is 64.1 Å². The zero-order valence-electron chi connectivity index (χ0n) is 14.4. The Bertz CT molecular complexity index is 1310. The third-order valence-corrected chi connectivity index (χ3v) is 4.67. The van der Waals surface area contributed by atoms with Gasteiger partial charge in [0.2, 0.25) is 0 Å². The predicted molar refractivity (Wildman–Crippen MR) is 96.7 cm³/mol. The molecule has 4 heterocycles. The smallest absolute Gasteiger partial charge is 0.416 e. The van der Waals surface area contributed by atoms with E-state index in [0.717, 1.165) is 22.7 Å². The Hall–Kier alpha value is -3.55. The maximum absolute atomic E-state index is 12.9. The molecule has 5 nitrogen and oxygen atoms in total. The lowest BCUT2D eigenvalue weighted by molar-refractivity contribution is -0.137. The zero-order chi connectivity index (χ0) is 19.6. The number of aromatic nitrogens is 3. The number of pyridine rings is 1. The number of aryl methyl sites for hydroxylation is 1. The number of alkyl halides is 3. The number of phenols is 1. The highest BCUT2D eigenvalue weighted by Gasteiger charge is 2.32. The summed E-state index contributed by atoms with van der Waals surface area (Å²) in [6.45, 7) is 1.51. The van der Waals surface area contributed by atoms with Gasteiger partial charge >= 0.3 is 6.18 Å². The van der Waals surface area contributed by atoms with Gasteiger partial charge in [0.05, 0.1) is 11.3 Å². The normalized spacial score (nSPS) is 12.4. The average Bonchev–Trinajstić information content (AvgIpc) is 3.34. The van der Waals surface area contributed by atoms with Gasteiger partial charge < -0.3 is 9.52 Å². The molecule has 4 aromatic heterocycles. The summed E-state index contributed by atoms with van der Waals surface area (Å²) in [5.41, 5.74) is 2.60. The Morgan fingerprint density at radius 3 is 2.54 bits per heavy atom. The standard InChI is InChI=1S/C20H12F3N3O2/c1-10-6-12(20(21,22)23)7-16(27)18(10)14-4-2-11-9-26(25-19(11)24-14)15-8-13-3-5-17(15)28-13/h2-9,27H,1H3. The third kappa shape index (κ3) is 2.49. The number of hydrogen-bond acceptors (Lipinski definition) is 4. The van der Waals surface area contributed by atoms with Gasteiger partial charge in [0.15, 0.2) is 11.2 Å². The summed E-state index contributed by atoms with van der Waals surface area (Å²) in [5, 5.41) is 15.4. The second kappa shape index (κ2) is 5.48. The molecule has 0 unspecified atom stereocenters. The van der Waals surface area contributed by atoms with Crippen molar-refractivity contribution in [2.24, 2.45) is 0 Å². The van der Waals surface area contributed by atoms with E-state index in [9.17, 15) is 18.3 Å². The summed E-state index contributed by atoms with van der Waals surface area (Å²) < 4.78 is 46.0. The predicted octanol–water partition coefficient (Wildman–Crippen LogP) is 5.30. The fourth-order valence-electron chi connectivity index (χ4n) is 3.38. The van der Waals surface area contributed by atoms with E-state index in [-0.39, 0.29) is 11.1 Å². The first kappa shape index (κ1) is 16.6. The molecule has 0 amide bonds. The van der Waals surface area contributed by atoms with Crippen molar-refractivity contribution in [3.63, 3.8) is 0 Å². The van der Waals surface area contributed by atoms with Gasteiger partial charge in [0.1, 0.15) is 17.0 Å². The molecular weight excluding hydrogens is 371 g/mol. The highest BCUT2D eigenvalue weighted by molar-refractivity contribution is 5.82. The Morgan fingerprint density at radius 2 is 1.89 bits per heavy atom. The minimum atomic E-state index is -4.53. The van der Waals surface area contributed by atoms with Crippen LogP contribution in [-0.4, -0.2) is 19.9 Å². The van der Waals surface area contributed by atoms with Crippen molar-refractivity contribution in [2.45, 2.75) is 13.1 Å². The molecule has 0 atom stereocenters. The van der Waals surface area contributed by atoms with E-state index in [1.54, 1.807) is 23.0 Å². The molecule has 0 saturated carbocycles. The number of benzene rings is 2. The van der Waals surface area contributed by atoms with Gasteiger partial charge in [0, 0.05) is 23.2 Å². The van der Waals surface area contributed by atoms with Gasteiger partial charge in [-0.1, -0.05) is 0 Å². The molecule has 0 saturated heterocycles. The molecule has 5 aromatic rings. The fraction of sp³-hybridized carbons (Fsp3) is 0.100. The van der Waals surface area contributed by atoms with Crippen LogP contribution in [0.25, 0.3) is 39.1 Å². The highest BCUT2D eigenvalue weighted by Crippen LogP contribution is 2.38. The Balaban J connectivity index is 1.61. The summed E-state index contributed by atoms with van der Waals surface area (Å²) >= 11 is 0. The summed E-state index contributed by atoms with van der Waals surface area (Å²) in [5.74, 6) is -0.472. The lowest BCUT2D eigenvalue weighted by Gasteiger charge is -2.13. The fourth-order valence-corrected chi connectivity index (χ4v) is 3.38. The average molecular weight is 383 g/mol. The number of phenolic OH excluding ortho intramolecular Hbond substituents is 1. The van der Waals surface area contributed by atoms with E-state index in [1.165, 1.54) is 6.92 Å². The largest absolute Gasteiger partial charge is 0.507 e. The van der Waals surface area contributed by atoms with Gasteiger partial charge in [0.25, 0.3) is 0 Å². The van der Waals surface area contributed by atoms with E-state index in [2.05, 4.69) is 10.1 Å². The van der Waals surface area contributed by atoms with Crippen LogP contribution in [-0.2, 0) is 6.18 Å². The van der Waals surface area contributed by atoms with Gasteiger partial charge in [-0.3, -0.25) is 0 Å². The molecule has 0 aliphatic rings. The Kier molecular flexibility index (Phi) is 3.25. The molecule has 140 valence electrons. The van der Waals surface area contributed by atoms with Crippen molar-refractivity contribution in [3.05, 3.63) is 59.8 Å². The van der Waals surface area contributed by atoms with E-state index in [1.807, 2.05) is 18.2 Å². The summed E-state index contributed by atoms with van der Waals surface area (Å²) in [4.78, 5) is 4.44. The SMILES string of the molecule is Cc1cc(C(F)(F)F)cc(O)c1-c1ccc2cn(-c3cc4ccc3o4)nc2n1. The molecule has 2 bridgehead atoms. The van der Waals surface area contributed by atoms with Crippen molar-refractivity contribution < 1.29 is 22.7 Å². The maximum Gasteiger partial charge on any atom is 0.416 e. The van der Waals surface area contributed by atoms with Crippen molar-refractivity contribution in [2.75, 3.05) is 0 Å². The number of furan rings is 2. The summed E-state index contributed by atoms with van der Waals surface area (Å²) in [6, 6.07) is 10.7. The number of halogens is 3. The van der Waals surface area contributed by atoms with Crippen molar-refractivity contribution in [1.29, 1.82) is 0 Å². The molecule has 8 heteroatoms. The number of nitrogens with zero attached hydrogens (tertiary/aromatic N) is 3. The van der Waals surface area contributed by atoms with Crippen LogP contribution in [0.15, 0.2) is 53.1 Å². The second-order valence-electron chi connectivity index (χ2n) is 6.60. The Morgan fingerprint density at radius 1 is 1.07 bits per heavy atom. The lowest BCUT2D eigenvalue weighted by atomic mass is 10.00. The first-order chi connectivity index (χ1) is 13.3. The summed E-state index contributed by atoms with van der Waals surface area (Å²) in [7, 11) is 0. The van der Waals surface area contributed by atoms with E-state index in [0.29, 0.717) is 23.0 Å². The van der Waals surface area contributed by atoms with Crippen LogP contribution < -0.4 is 0 Å². The van der Waals surface area contributed by atoms with E-state index >= 15 is 0 Å². The Labute approximate surface area is 156 Å². The van der Waals surface area contributed by atoms with Crippen LogP contribution in [0.1, 0.15) is 11.1 Å². The van der Waals surface area contributed by atoms with Crippen LogP contribution >= 0.6 is 0 Å². The highest BCUT2D eigenvalue weighted by atomic mass is 19.4. The monoisotopic (exact) mass is 383 g/mol. The van der Waals surface area contributed by atoms with Gasteiger partial charge in [-0.25, -0.2) is 9.67 Å². The molecule has 1 N–H and O–H groups in total. The minimum Gasteiger partial charge on any atom is -0.507 e. The van der Waals surface area contributed by atoms with Crippen LogP contribution in [0.5, 0.6) is 5.75 Å². The number of rotatable bonds is 2. The molecule has 0 radical (unpaired) electrons. The molecule has 0 fully saturated rings. The number of aromatic hydroxyl groups is 1. The van der Waals surface area contributed by atoms with Crippen LogP contribution in [0.3, 0.4) is 0 Å². The van der Waals surface area contributed by atoms with Gasteiger partial charge in [-0.05, 0) is 48.9 Å². The van der Waals surface area contributed by atoms with Gasteiger partial charge in [-0.15, -0.1) is 5.10 Å². The van der Waals surface area contributed by atoms with Crippen LogP contribution in [0.4, 0.5) is 13.2 Å². The molecule has 1 aromatic carbocycles. The van der Waals surface area contributed by atoms with Crippen molar-refractivity contribution in [1.82, 2.24) is 14.8 Å². The van der Waals surface area contributed by atoms with E-state index < -0.39 is 17.5 Å². The van der Waals surface area contributed by atoms with Gasteiger partial charge in [-0.2, -0.15) is 13.2 Å². The molecule has 28 heavy (non-hydrogen) atoms. The lowest BCUT2D eigenvalue weighted by Crippen LogP contribution is -2.05. The first-order valence-electron chi connectivity index (χ1n) is 8.39. The second-order valence-corrected chi connectivity index (χ2v) is 6.60.